The summed E-state index contributed by atoms with van der Waals surface area (Å²) in [4.78, 5) is 12.4. The number of anilines is 2. The predicted molar refractivity (Wildman–Crippen MR) is 103 cm³/mol. The minimum Gasteiger partial charge on any atom is -0.497 e. The topological polar surface area (TPSA) is 74.1 Å². The van der Waals surface area contributed by atoms with Crippen LogP contribution >= 0.6 is 23.4 Å². The normalized spacial score (nSPS) is 11.1. The van der Waals surface area contributed by atoms with Gasteiger partial charge in [-0.25, -0.2) is 0 Å². The van der Waals surface area contributed by atoms with E-state index < -0.39 is 5.91 Å². The number of methoxy groups -OCH3 is 1. The standard InChI is InChI=1S/C18H16ClN3O2S/c1-24-15-9-7-14(8-10-15)22-18(25-2)16(11-20)17(23)21-13-5-3-12(19)4-6-13/h3-10,22H,1-2H3,(H,21,23)/b18-16+. The van der Waals surface area contributed by atoms with Gasteiger partial charge in [-0.3, -0.25) is 4.79 Å². The number of hydrogen-bond donors (Lipinski definition) is 2. The molecule has 1 amide bonds. The van der Waals surface area contributed by atoms with Crippen molar-refractivity contribution in [3.63, 3.8) is 0 Å². The lowest BCUT2D eigenvalue weighted by molar-refractivity contribution is -0.112. The molecule has 0 aromatic heterocycles. The number of rotatable bonds is 6. The molecule has 0 aliphatic heterocycles. The molecule has 0 bridgehead atoms. The molecule has 0 saturated heterocycles. The first kappa shape index (κ1) is 18.7. The molecule has 2 N–H and O–H groups in total. The van der Waals surface area contributed by atoms with Gasteiger partial charge in [-0.1, -0.05) is 11.6 Å². The number of hydrogen-bond acceptors (Lipinski definition) is 5. The number of nitriles is 1. The van der Waals surface area contributed by atoms with Crippen molar-refractivity contribution in [1.29, 1.82) is 5.26 Å². The molecule has 25 heavy (non-hydrogen) atoms. The molecular weight excluding hydrogens is 358 g/mol. The van der Waals surface area contributed by atoms with E-state index in [2.05, 4.69) is 10.6 Å². The maximum absolute atomic E-state index is 12.4. The molecule has 0 aliphatic carbocycles. The van der Waals surface area contributed by atoms with Gasteiger partial charge in [0.15, 0.2) is 0 Å². The third-order valence-electron chi connectivity index (χ3n) is 3.22. The Hall–Kier alpha value is -2.62. The number of ether oxygens (including phenoxy) is 1. The van der Waals surface area contributed by atoms with Gasteiger partial charge in [-0.2, -0.15) is 5.26 Å². The first-order valence-corrected chi connectivity index (χ1v) is 8.84. The van der Waals surface area contributed by atoms with Gasteiger partial charge in [0.25, 0.3) is 5.91 Å². The van der Waals surface area contributed by atoms with E-state index in [1.807, 2.05) is 6.07 Å². The smallest absolute Gasteiger partial charge is 0.269 e. The van der Waals surface area contributed by atoms with Crippen LogP contribution in [0, 0.1) is 11.3 Å². The lowest BCUT2D eigenvalue weighted by Crippen LogP contribution is -2.16. The summed E-state index contributed by atoms with van der Waals surface area (Å²) in [5.74, 6) is 0.233. The van der Waals surface area contributed by atoms with Gasteiger partial charge >= 0.3 is 0 Å². The molecular formula is C18H16ClN3O2S. The minimum absolute atomic E-state index is 0.00160. The summed E-state index contributed by atoms with van der Waals surface area (Å²) < 4.78 is 5.11. The lowest BCUT2D eigenvalue weighted by Gasteiger charge is -2.12. The average molecular weight is 374 g/mol. The number of carbonyl (C=O) groups excluding carboxylic acids is 1. The lowest BCUT2D eigenvalue weighted by atomic mass is 10.2. The van der Waals surface area contributed by atoms with E-state index in [1.54, 1.807) is 61.9 Å². The summed E-state index contributed by atoms with van der Waals surface area (Å²) in [7, 11) is 1.59. The van der Waals surface area contributed by atoms with Crippen LogP contribution in [-0.2, 0) is 4.79 Å². The maximum Gasteiger partial charge on any atom is 0.269 e. The zero-order valence-electron chi connectivity index (χ0n) is 13.7. The van der Waals surface area contributed by atoms with E-state index in [0.29, 0.717) is 15.7 Å². The highest BCUT2D eigenvalue weighted by Crippen LogP contribution is 2.23. The summed E-state index contributed by atoms with van der Waals surface area (Å²) in [5.41, 5.74) is 1.31. The highest BCUT2D eigenvalue weighted by Gasteiger charge is 2.16. The molecule has 0 fully saturated rings. The largest absolute Gasteiger partial charge is 0.497 e. The van der Waals surface area contributed by atoms with E-state index in [9.17, 15) is 10.1 Å². The third kappa shape index (κ3) is 5.18. The van der Waals surface area contributed by atoms with Crippen molar-refractivity contribution in [2.75, 3.05) is 24.0 Å². The Morgan fingerprint density at radius 3 is 2.16 bits per heavy atom. The fraction of sp³-hybridized carbons (Fsp3) is 0.111. The zero-order chi connectivity index (χ0) is 18.2. The average Bonchev–Trinajstić information content (AvgIpc) is 2.64. The molecule has 2 aromatic carbocycles. The number of thioether (sulfide) groups is 1. The second kappa shape index (κ2) is 9.02. The Labute approximate surface area is 155 Å². The number of amides is 1. The van der Waals surface area contributed by atoms with E-state index >= 15 is 0 Å². The molecule has 0 atom stereocenters. The Morgan fingerprint density at radius 2 is 1.64 bits per heavy atom. The molecule has 0 radical (unpaired) electrons. The van der Waals surface area contributed by atoms with Crippen molar-refractivity contribution in [3.8, 4) is 11.8 Å². The van der Waals surface area contributed by atoms with Crippen molar-refractivity contribution in [1.82, 2.24) is 0 Å². The van der Waals surface area contributed by atoms with Crippen molar-refractivity contribution < 1.29 is 9.53 Å². The summed E-state index contributed by atoms with van der Waals surface area (Å²) in [6.45, 7) is 0. The van der Waals surface area contributed by atoms with Crippen molar-refractivity contribution in [3.05, 3.63) is 64.2 Å². The molecule has 0 saturated carbocycles. The van der Waals surface area contributed by atoms with E-state index in [4.69, 9.17) is 16.3 Å². The fourth-order valence-corrected chi connectivity index (χ4v) is 2.64. The Balaban J connectivity index is 2.21. The van der Waals surface area contributed by atoms with E-state index in [1.165, 1.54) is 11.8 Å². The number of benzene rings is 2. The first-order valence-electron chi connectivity index (χ1n) is 7.23. The van der Waals surface area contributed by atoms with Gasteiger partial charge in [0.05, 0.1) is 12.1 Å². The molecule has 2 aromatic rings. The number of halogens is 1. The van der Waals surface area contributed by atoms with Crippen LogP contribution in [0.5, 0.6) is 5.75 Å². The molecule has 128 valence electrons. The summed E-state index contributed by atoms with van der Waals surface area (Å²) in [6.07, 6.45) is 1.79. The molecule has 0 spiro atoms. The quantitative estimate of drug-likeness (QED) is 0.576. The first-order chi connectivity index (χ1) is 12.1. The Morgan fingerprint density at radius 1 is 1.08 bits per heavy atom. The van der Waals surface area contributed by atoms with Gasteiger partial charge in [0.2, 0.25) is 0 Å². The van der Waals surface area contributed by atoms with Crippen molar-refractivity contribution >= 4 is 40.6 Å². The van der Waals surface area contributed by atoms with Crippen molar-refractivity contribution in [2.45, 2.75) is 0 Å². The molecule has 0 unspecified atom stereocenters. The molecule has 0 aliphatic rings. The third-order valence-corrected chi connectivity index (χ3v) is 4.19. The van der Waals surface area contributed by atoms with Gasteiger partial charge in [-0.15, -0.1) is 11.8 Å². The fourth-order valence-electron chi connectivity index (χ4n) is 1.95. The predicted octanol–water partition coefficient (Wildman–Crippen LogP) is 4.50. The van der Waals surface area contributed by atoms with E-state index in [0.717, 1.165) is 11.4 Å². The van der Waals surface area contributed by atoms with Gasteiger partial charge in [0.1, 0.15) is 17.4 Å². The van der Waals surface area contributed by atoms with Crippen LogP contribution in [0.3, 0.4) is 0 Å². The minimum atomic E-state index is -0.491. The van der Waals surface area contributed by atoms with Gasteiger partial charge in [0, 0.05) is 16.4 Å². The van der Waals surface area contributed by atoms with Crippen LogP contribution in [0.1, 0.15) is 0 Å². The highest BCUT2D eigenvalue weighted by molar-refractivity contribution is 8.02. The van der Waals surface area contributed by atoms with Crippen LogP contribution in [0.25, 0.3) is 0 Å². The van der Waals surface area contributed by atoms with Crippen LogP contribution in [0.2, 0.25) is 5.02 Å². The van der Waals surface area contributed by atoms with Crippen molar-refractivity contribution in [2.24, 2.45) is 0 Å². The van der Waals surface area contributed by atoms with Crippen LogP contribution in [-0.4, -0.2) is 19.3 Å². The SMILES string of the molecule is COc1ccc(N/C(SC)=C(/C#N)C(=O)Nc2ccc(Cl)cc2)cc1. The molecule has 7 heteroatoms. The summed E-state index contributed by atoms with van der Waals surface area (Å²) in [6, 6.07) is 15.8. The zero-order valence-corrected chi connectivity index (χ0v) is 15.2. The summed E-state index contributed by atoms with van der Waals surface area (Å²) >= 11 is 7.11. The second-order valence-corrected chi connectivity index (χ2v) is 6.09. The molecule has 5 nitrogen and oxygen atoms in total. The van der Waals surface area contributed by atoms with Gasteiger partial charge in [-0.05, 0) is 54.8 Å². The number of nitrogens with one attached hydrogen (secondary N) is 2. The second-order valence-electron chi connectivity index (χ2n) is 4.83. The van der Waals surface area contributed by atoms with Crippen LogP contribution in [0.4, 0.5) is 11.4 Å². The van der Waals surface area contributed by atoms with Crippen LogP contribution in [0.15, 0.2) is 59.1 Å². The van der Waals surface area contributed by atoms with Crippen LogP contribution < -0.4 is 15.4 Å². The Kier molecular flexibility index (Phi) is 6.75. The number of carbonyl (C=O) groups is 1. The maximum atomic E-state index is 12.4. The molecule has 0 heterocycles. The monoisotopic (exact) mass is 373 g/mol. The van der Waals surface area contributed by atoms with Gasteiger partial charge < -0.3 is 15.4 Å². The Bertz CT molecular complexity index is 812. The highest BCUT2D eigenvalue weighted by atomic mass is 35.5. The summed E-state index contributed by atoms with van der Waals surface area (Å²) in [5, 5.41) is 16.2. The van der Waals surface area contributed by atoms with E-state index in [-0.39, 0.29) is 5.57 Å². The molecule has 2 rings (SSSR count). The number of nitrogens with zero attached hydrogens (tertiary/aromatic N) is 1.